The Hall–Kier alpha value is -7.50. The van der Waals surface area contributed by atoms with Crippen molar-refractivity contribution in [2.75, 3.05) is 0 Å². The number of hydrogen-bond acceptors (Lipinski definition) is 12. The van der Waals surface area contributed by atoms with E-state index in [2.05, 4.69) is 0 Å². The van der Waals surface area contributed by atoms with Gasteiger partial charge in [0.1, 0.15) is 0 Å². The molecule has 6 aromatic rings. The third kappa shape index (κ3) is 27.5. The molecule has 0 aliphatic carbocycles. The summed E-state index contributed by atoms with van der Waals surface area (Å²) < 4.78 is 0. The topological polar surface area (TPSA) is 362 Å². The molecular weight excluding hydrogens is 1400 g/mol. The summed E-state index contributed by atoms with van der Waals surface area (Å²) in [6.45, 7) is 46.5. The second-order valence-electron chi connectivity index (χ2n) is 27.6. The molecule has 3 radical (unpaired) electrons. The molecule has 21 heteroatoms. The van der Waals surface area contributed by atoms with Crippen LogP contribution in [-0.2, 0) is 51.2 Å². The Morgan fingerprint density at radius 3 is 0.364 bits per heavy atom. The quantitative estimate of drug-likeness (QED) is 0.0435. The molecule has 0 fully saturated rings. The van der Waals surface area contributed by atoms with Gasteiger partial charge < -0.3 is 61.3 Å². The summed E-state index contributed by atoms with van der Waals surface area (Å²) in [5.41, 5.74) is 8.25. The van der Waals surface area contributed by atoms with E-state index in [1.165, 1.54) is 36.4 Å². The molecular formula is C78H102CuMn2O18. The van der Waals surface area contributed by atoms with Crippen LogP contribution in [0, 0.1) is 0 Å². The van der Waals surface area contributed by atoms with Crippen molar-refractivity contribution in [1.82, 2.24) is 0 Å². The number of rotatable bonds is 18. The van der Waals surface area contributed by atoms with Crippen LogP contribution in [0.15, 0.2) is 72.8 Å². The molecule has 0 saturated carbocycles. The van der Waals surface area contributed by atoms with Crippen LogP contribution >= 0.6 is 0 Å². The molecule has 0 saturated heterocycles. The number of aromatic carboxylic acids is 6. The molecule has 6 rings (SSSR count). The summed E-state index contributed by atoms with van der Waals surface area (Å²) in [5, 5.41) is 125. The van der Waals surface area contributed by atoms with E-state index in [9.17, 15) is 59.4 Å². The van der Waals surface area contributed by atoms with E-state index in [0.717, 1.165) is 33.4 Å². The van der Waals surface area contributed by atoms with Crippen LogP contribution in [0.4, 0.5) is 0 Å². The van der Waals surface area contributed by atoms with Crippen LogP contribution < -0.4 is 30.6 Å². The first kappa shape index (κ1) is 95.7. The van der Waals surface area contributed by atoms with Gasteiger partial charge in [0.15, 0.2) is 0 Å². The summed E-state index contributed by atoms with van der Waals surface area (Å²) in [6.07, 6.45) is 0. The summed E-state index contributed by atoms with van der Waals surface area (Å²) in [7, 11) is 0. The van der Waals surface area contributed by atoms with Crippen LogP contribution in [0.1, 0.15) is 366 Å². The molecule has 18 nitrogen and oxygen atoms in total. The molecule has 0 aromatic heterocycles. The Morgan fingerprint density at radius 2 is 0.303 bits per heavy atom. The maximum absolute atomic E-state index is 11.8. The first-order valence-corrected chi connectivity index (χ1v) is 32.5. The van der Waals surface area contributed by atoms with Crippen molar-refractivity contribution in [3.63, 3.8) is 0 Å². The molecule has 0 unspecified atom stereocenters. The van der Waals surface area contributed by atoms with Crippen molar-refractivity contribution in [2.24, 2.45) is 0 Å². The summed E-state index contributed by atoms with van der Waals surface area (Å²) >= 11 is 0. The van der Waals surface area contributed by atoms with Gasteiger partial charge in [0, 0.05) is 0 Å². The Balaban J connectivity index is -0.00000111. The first-order valence-electron chi connectivity index (χ1n) is 32.5. The maximum atomic E-state index is 11.8. The van der Waals surface area contributed by atoms with Crippen LogP contribution in [0.5, 0.6) is 34.5 Å². The SMILES string of the molecule is CC(C)c1cc(C(=O)O)c([O-])c(C(C)C)c1.CC(C)c1cc(C(=O)O)c([O-])c(C(C)C)c1.CC(C)c1cc(C(=O)O)c([O-])c(C(C)C)c1.CC(C)c1cc(C(=O)O)c([O-])c(C(C)C)c1.CC(C)c1cc(C(=O)O)c([O-])c(C(C)C)c1.CC(C)c1cc(C(=O)O)c([O-])c(C(C)C)c1.[Cu+2].[Mn+2].[Mn+2]. The van der Waals surface area contributed by atoms with Crippen molar-refractivity contribution in [3.8, 4) is 34.5 Å². The van der Waals surface area contributed by atoms with Crippen LogP contribution in [-0.4, -0.2) is 66.5 Å². The average Bonchev–Trinajstić information content (AvgIpc) is 0.863. The minimum absolute atomic E-state index is 0. The van der Waals surface area contributed by atoms with Gasteiger partial charge in [-0.3, -0.25) is 0 Å². The van der Waals surface area contributed by atoms with Crippen LogP contribution in [0.2, 0.25) is 0 Å². The van der Waals surface area contributed by atoms with Crippen molar-refractivity contribution < 1.29 is 141 Å². The molecule has 0 bridgehead atoms. The molecule has 0 heterocycles. The first-order chi connectivity index (χ1) is 44.0. The fraction of sp³-hybridized carbons (Fsp3) is 0.462. The van der Waals surface area contributed by atoms with E-state index in [4.69, 9.17) is 30.6 Å². The second-order valence-corrected chi connectivity index (χ2v) is 27.6. The predicted octanol–water partition coefficient (Wildman–Crippen LogP) is 16.2. The molecule has 6 aromatic carbocycles. The normalized spacial score (nSPS) is 10.8. The molecule has 99 heavy (non-hydrogen) atoms. The zero-order valence-electron chi connectivity index (χ0n) is 61.5. The standard InChI is InChI=1S/6C13H18O3.Cu.2Mn/c6*1-7(2)9-5-10(8(3)4)12(14)11(6-9)13(15)16;;;/h6*5-8,14H,1-4H3,(H,15,16);;;/q;;;;;;3*+2/p-6. The summed E-state index contributed by atoms with van der Waals surface area (Å²) in [6, 6.07) is 19.9. The van der Waals surface area contributed by atoms with Gasteiger partial charge in [0.05, 0.1) is 33.4 Å². The van der Waals surface area contributed by atoms with E-state index >= 15 is 0 Å². The van der Waals surface area contributed by atoms with E-state index in [1.807, 2.05) is 203 Å². The van der Waals surface area contributed by atoms with Crippen LogP contribution in [0.3, 0.4) is 0 Å². The van der Waals surface area contributed by atoms with Gasteiger partial charge in [0.2, 0.25) is 0 Å². The third-order valence-corrected chi connectivity index (χ3v) is 16.0. The molecule has 0 spiro atoms. The molecule has 6 N–H and O–H groups in total. The minimum Gasteiger partial charge on any atom is -0.872 e. The van der Waals surface area contributed by atoms with E-state index < -0.39 is 35.8 Å². The number of carbonyl (C=O) groups is 6. The van der Waals surface area contributed by atoms with Crippen molar-refractivity contribution in [1.29, 1.82) is 0 Å². The third-order valence-electron chi connectivity index (χ3n) is 16.0. The zero-order valence-corrected chi connectivity index (χ0v) is 64.8. The van der Waals surface area contributed by atoms with E-state index in [0.29, 0.717) is 33.4 Å². The molecule has 0 aliphatic rings. The summed E-state index contributed by atoms with van der Waals surface area (Å²) in [5.74, 6) is -7.41. The smallest absolute Gasteiger partial charge is 0.872 e. The fourth-order valence-electron chi connectivity index (χ4n) is 9.57. The largest absolute Gasteiger partial charge is 2.00 e. The van der Waals surface area contributed by atoms with Crippen molar-refractivity contribution in [3.05, 3.63) is 173 Å². The monoisotopic (exact) mass is 1500 g/mol. The Bertz CT molecular complexity index is 3070. The Labute approximate surface area is 617 Å². The van der Waals surface area contributed by atoms with E-state index in [1.54, 1.807) is 0 Å². The summed E-state index contributed by atoms with van der Waals surface area (Å²) in [4.78, 5) is 65.8. The van der Waals surface area contributed by atoms with Gasteiger partial charge in [-0.2, -0.15) is 0 Å². The average molecular weight is 1500 g/mol. The van der Waals surface area contributed by atoms with Gasteiger partial charge in [-0.25, -0.2) is 28.8 Å². The van der Waals surface area contributed by atoms with Gasteiger partial charge in [-0.05, 0) is 141 Å². The minimum atomic E-state index is -1.14. The molecule has 547 valence electrons. The number of benzene rings is 6. The van der Waals surface area contributed by atoms with Crippen LogP contribution in [0.25, 0.3) is 0 Å². The van der Waals surface area contributed by atoms with Crippen molar-refractivity contribution >= 4 is 35.8 Å². The van der Waals surface area contributed by atoms with E-state index in [-0.39, 0.29) is 190 Å². The van der Waals surface area contributed by atoms with Gasteiger partial charge in [0.25, 0.3) is 0 Å². The molecule has 0 amide bonds. The molecule has 0 atom stereocenters. The predicted molar refractivity (Wildman–Crippen MR) is 366 cm³/mol. The second kappa shape index (κ2) is 42.6. The Kier molecular flexibility index (Phi) is 41.1. The molecule has 0 aliphatic heterocycles. The van der Waals surface area contributed by atoms with Gasteiger partial charge in [-0.15, -0.1) is 0 Å². The number of carboxylic acid groups (broad SMARTS) is 6. The maximum Gasteiger partial charge on any atom is 2.00 e. The Morgan fingerprint density at radius 1 is 0.212 bits per heavy atom. The number of carboxylic acids is 6. The number of hydrogen-bond donors (Lipinski definition) is 6. The fourth-order valence-corrected chi connectivity index (χ4v) is 9.57. The van der Waals surface area contributed by atoms with Crippen molar-refractivity contribution in [2.45, 2.75) is 237 Å². The van der Waals surface area contributed by atoms with Gasteiger partial charge >= 0.3 is 87.0 Å². The van der Waals surface area contributed by atoms with Gasteiger partial charge in [-0.1, -0.05) is 270 Å². The zero-order chi connectivity index (χ0) is 74.7.